The van der Waals surface area contributed by atoms with Crippen LogP contribution in [0, 0.1) is 34.5 Å². The predicted molar refractivity (Wildman–Crippen MR) is 66.2 cm³/mol. The van der Waals surface area contributed by atoms with E-state index in [1.54, 1.807) is 0 Å². The lowest BCUT2D eigenvalue weighted by Crippen LogP contribution is -2.52. The van der Waals surface area contributed by atoms with E-state index in [4.69, 9.17) is 10.00 Å². The molecule has 4 rings (SSSR count). The van der Waals surface area contributed by atoms with Crippen molar-refractivity contribution in [2.24, 2.45) is 23.2 Å². The third-order valence-corrected chi connectivity index (χ3v) is 5.57. The monoisotopic (exact) mass is 233 g/mol. The number of rotatable bonds is 4. The van der Waals surface area contributed by atoms with Crippen molar-refractivity contribution in [2.45, 2.75) is 57.5 Å². The van der Waals surface area contributed by atoms with Gasteiger partial charge in [-0.2, -0.15) is 5.26 Å². The molecule has 4 saturated carbocycles. The summed E-state index contributed by atoms with van der Waals surface area (Å²) in [5.41, 5.74) is 0.445. The molecule has 0 amide bonds. The van der Waals surface area contributed by atoms with Gasteiger partial charge in [0.15, 0.2) is 0 Å². The Hall–Kier alpha value is -0.550. The highest BCUT2D eigenvalue weighted by molar-refractivity contribution is 5.04. The van der Waals surface area contributed by atoms with Crippen molar-refractivity contribution in [3.8, 4) is 6.07 Å². The normalized spacial score (nSPS) is 44.6. The summed E-state index contributed by atoms with van der Waals surface area (Å²) in [4.78, 5) is 0. The molecule has 0 radical (unpaired) electrons. The smallest absolute Gasteiger partial charge is 0.0637 e. The number of nitrogens with zero attached hydrogens (tertiary/aromatic N) is 1. The summed E-state index contributed by atoms with van der Waals surface area (Å²) in [6.45, 7) is 0. The van der Waals surface area contributed by atoms with Crippen LogP contribution in [-0.2, 0) is 4.74 Å². The average molecular weight is 233 g/mol. The van der Waals surface area contributed by atoms with Crippen LogP contribution in [-0.4, -0.2) is 13.2 Å². The van der Waals surface area contributed by atoms with E-state index in [-0.39, 0.29) is 0 Å². The van der Waals surface area contributed by atoms with Gasteiger partial charge in [-0.15, -0.1) is 0 Å². The van der Waals surface area contributed by atoms with Gasteiger partial charge in [0.1, 0.15) is 0 Å². The molecule has 0 aromatic carbocycles. The molecule has 4 aliphatic carbocycles. The maximum absolute atomic E-state index is 8.79. The van der Waals surface area contributed by atoms with Crippen LogP contribution in [0.15, 0.2) is 0 Å². The van der Waals surface area contributed by atoms with Gasteiger partial charge in [0.05, 0.1) is 12.2 Å². The zero-order valence-corrected chi connectivity index (χ0v) is 10.8. The first-order valence-corrected chi connectivity index (χ1v) is 7.15. The number of hydrogen-bond acceptors (Lipinski definition) is 2. The molecule has 0 heterocycles. The van der Waals surface area contributed by atoms with E-state index in [9.17, 15) is 0 Å². The topological polar surface area (TPSA) is 33.0 Å². The van der Waals surface area contributed by atoms with Gasteiger partial charge in [-0.1, -0.05) is 0 Å². The molecule has 0 aromatic rings. The van der Waals surface area contributed by atoms with E-state index in [1.165, 1.54) is 38.5 Å². The lowest BCUT2D eigenvalue weighted by atomic mass is 9.48. The van der Waals surface area contributed by atoms with Crippen LogP contribution in [0.3, 0.4) is 0 Å². The minimum atomic E-state index is 0.343. The molecule has 0 N–H and O–H groups in total. The summed E-state index contributed by atoms with van der Waals surface area (Å²) in [7, 11) is 1.85. The largest absolute Gasteiger partial charge is 0.381 e. The first kappa shape index (κ1) is 11.5. The molecule has 94 valence electrons. The molecule has 4 bridgehead atoms. The molecular weight excluding hydrogens is 210 g/mol. The van der Waals surface area contributed by atoms with Crippen LogP contribution in [0.5, 0.6) is 0 Å². The second-order valence-electron chi connectivity index (χ2n) is 6.70. The molecule has 0 aromatic heterocycles. The SMILES string of the molecule is COC(CCC#N)C12CC3CC(CC(C3)C1)C2. The average Bonchev–Trinajstić information content (AvgIpc) is 2.27. The van der Waals surface area contributed by atoms with Crippen molar-refractivity contribution in [2.75, 3.05) is 7.11 Å². The van der Waals surface area contributed by atoms with Crippen molar-refractivity contribution in [3.05, 3.63) is 0 Å². The first-order chi connectivity index (χ1) is 8.25. The third-order valence-electron chi connectivity index (χ3n) is 5.57. The fourth-order valence-electron chi connectivity index (χ4n) is 5.44. The standard InChI is InChI=1S/C15H23NO/c1-17-14(3-2-4-16)15-8-11-5-12(9-15)7-13(6-11)10-15/h11-14H,2-3,5-10H2,1H3. The predicted octanol–water partition coefficient (Wildman–Crippen LogP) is 3.52. The molecule has 1 atom stereocenters. The third kappa shape index (κ3) is 1.89. The fraction of sp³-hybridized carbons (Fsp3) is 0.933. The first-order valence-electron chi connectivity index (χ1n) is 7.15. The van der Waals surface area contributed by atoms with Gasteiger partial charge in [0.25, 0.3) is 0 Å². The molecule has 2 heteroatoms. The molecule has 17 heavy (non-hydrogen) atoms. The van der Waals surface area contributed by atoms with E-state index in [2.05, 4.69) is 6.07 Å². The minimum absolute atomic E-state index is 0.343. The number of ether oxygens (including phenoxy) is 1. The van der Waals surface area contributed by atoms with Gasteiger partial charge >= 0.3 is 0 Å². The highest BCUT2D eigenvalue weighted by atomic mass is 16.5. The zero-order valence-electron chi connectivity index (χ0n) is 10.8. The Balaban J connectivity index is 1.78. The molecule has 0 saturated heterocycles. The molecule has 0 spiro atoms. The maximum Gasteiger partial charge on any atom is 0.0637 e. The summed E-state index contributed by atoms with van der Waals surface area (Å²) in [6.07, 6.45) is 10.5. The Morgan fingerprint density at radius 3 is 2.12 bits per heavy atom. The number of nitriles is 1. The van der Waals surface area contributed by atoms with Crippen molar-refractivity contribution >= 4 is 0 Å². The molecule has 4 aliphatic rings. The summed E-state index contributed by atoms with van der Waals surface area (Å²) in [6, 6.07) is 2.28. The van der Waals surface area contributed by atoms with E-state index in [1.807, 2.05) is 7.11 Å². The van der Waals surface area contributed by atoms with Gasteiger partial charge in [0.2, 0.25) is 0 Å². The van der Waals surface area contributed by atoms with Crippen molar-refractivity contribution in [3.63, 3.8) is 0 Å². The second kappa shape index (κ2) is 4.28. The molecule has 0 aliphatic heterocycles. The van der Waals surface area contributed by atoms with Crippen LogP contribution in [0.4, 0.5) is 0 Å². The Morgan fingerprint density at radius 1 is 1.18 bits per heavy atom. The van der Waals surface area contributed by atoms with Crippen molar-refractivity contribution < 1.29 is 4.74 Å². The van der Waals surface area contributed by atoms with E-state index < -0.39 is 0 Å². The molecule has 1 unspecified atom stereocenters. The second-order valence-corrected chi connectivity index (χ2v) is 6.70. The van der Waals surface area contributed by atoms with Crippen LogP contribution < -0.4 is 0 Å². The fourth-order valence-corrected chi connectivity index (χ4v) is 5.44. The molecular formula is C15H23NO. The van der Waals surface area contributed by atoms with Crippen molar-refractivity contribution in [1.82, 2.24) is 0 Å². The summed E-state index contributed by atoms with van der Waals surface area (Å²) in [5.74, 6) is 2.92. The Labute approximate surface area is 104 Å². The van der Waals surface area contributed by atoms with Gasteiger partial charge < -0.3 is 4.74 Å². The molecule has 2 nitrogen and oxygen atoms in total. The van der Waals surface area contributed by atoms with Gasteiger partial charge in [-0.05, 0) is 68.1 Å². The van der Waals surface area contributed by atoms with Gasteiger partial charge in [-0.3, -0.25) is 0 Å². The number of hydrogen-bond donors (Lipinski definition) is 0. The summed E-state index contributed by atoms with van der Waals surface area (Å²) < 4.78 is 5.79. The van der Waals surface area contributed by atoms with Crippen LogP contribution in [0.2, 0.25) is 0 Å². The van der Waals surface area contributed by atoms with E-state index >= 15 is 0 Å². The minimum Gasteiger partial charge on any atom is -0.381 e. The highest BCUT2D eigenvalue weighted by Gasteiger charge is 2.54. The van der Waals surface area contributed by atoms with Gasteiger partial charge in [-0.25, -0.2) is 0 Å². The highest BCUT2D eigenvalue weighted by Crippen LogP contribution is 2.62. The summed E-state index contributed by atoms with van der Waals surface area (Å²) in [5, 5.41) is 8.79. The Bertz CT molecular complexity index is 295. The van der Waals surface area contributed by atoms with Crippen LogP contribution >= 0.6 is 0 Å². The Kier molecular flexibility index (Phi) is 2.91. The number of methoxy groups -OCH3 is 1. The van der Waals surface area contributed by atoms with Crippen molar-refractivity contribution in [1.29, 1.82) is 5.26 Å². The quantitative estimate of drug-likeness (QED) is 0.744. The maximum atomic E-state index is 8.79. The van der Waals surface area contributed by atoms with Crippen LogP contribution in [0.25, 0.3) is 0 Å². The van der Waals surface area contributed by atoms with Crippen LogP contribution in [0.1, 0.15) is 51.4 Å². The Morgan fingerprint density at radius 2 is 1.71 bits per heavy atom. The summed E-state index contributed by atoms with van der Waals surface area (Å²) >= 11 is 0. The lowest BCUT2D eigenvalue weighted by Gasteiger charge is -2.59. The van der Waals surface area contributed by atoms with Gasteiger partial charge in [0, 0.05) is 13.5 Å². The molecule has 4 fully saturated rings. The van der Waals surface area contributed by atoms with E-state index in [0.717, 1.165) is 24.2 Å². The van der Waals surface area contributed by atoms with E-state index in [0.29, 0.717) is 17.9 Å². The zero-order chi connectivity index (χ0) is 11.9. The lowest BCUT2D eigenvalue weighted by molar-refractivity contribution is -0.133.